The van der Waals surface area contributed by atoms with Crippen molar-refractivity contribution in [1.82, 2.24) is 14.9 Å². The zero-order valence-corrected chi connectivity index (χ0v) is 20.6. The van der Waals surface area contributed by atoms with Gasteiger partial charge in [-0.3, -0.25) is 4.90 Å². The molecule has 0 saturated carbocycles. The normalized spacial score (nSPS) is 14.4. The van der Waals surface area contributed by atoms with E-state index >= 15 is 0 Å². The molecule has 0 N–H and O–H groups in total. The van der Waals surface area contributed by atoms with Crippen molar-refractivity contribution in [1.29, 1.82) is 0 Å². The second kappa shape index (κ2) is 9.92. The van der Waals surface area contributed by atoms with Gasteiger partial charge < -0.3 is 4.90 Å². The van der Waals surface area contributed by atoms with Gasteiger partial charge in [0.25, 0.3) is 0 Å². The Labute approximate surface area is 212 Å². The molecule has 0 bridgehead atoms. The lowest BCUT2D eigenvalue weighted by atomic mass is 9.96. The molecule has 1 aliphatic heterocycles. The van der Waals surface area contributed by atoms with E-state index in [4.69, 9.17) is 9.97 Å². The fraction of sp³-hybridized carbons (Fsp3) is 0.188. The van der Waals surface area contributed by atoms with Crippen LogP contribution in [0.1, 0.15) is 22.7 Å². The smallest absolute Gasteiger partial charge is 0.162 e. The summed E-state index contributed by atoms with van der Waals surface area (Å²) in [5, 5.41) is 1.16. The predicted octanol–water partition coefficient (Wildman–Crippen LogP) is 6.52. The first kappa shape index (κ1) is 22.4. The Hall–Kier alpha value is -4.02. The first-order valence-corrected chi connectivity index (χ1v) is 12.7. The van der Waals surface area contributed by atoms with E-state index < -0.39 is 0 Å². The number of nitrogens with zero attached hydrogens (tertiary/aromatic N) is 4. The predicted molar refractivity (Wildman–Crippen MR) is 148 cm³/mol. The Morgan fingerprint density at radius 1 is 0.611 bits per heavy atom. The molecule has 0 aliphatic carbocycles. The van der Waals surface area contributed by atoms with Gasteiger partial charge in [0.05, 0.1) is 11.6 Å². The Morgan fingerprint density at radius 2 is 1.19 bits per heavy atom. The van der Waals surface area contributed by atoms with E-state index in [-0.39, 0.29) is 6.04 Å². The van der Waals surface area contributed by atoms with Gasteiger partial charge in [-0.15, -0.1) is 0 Å². The van der Waals surface area contributed by atoms with Gasteiger partial charge in [0.2, 0.25) is 0 Å². The molecule has 4 aromatic carbocycles. The lowest BCUT2D eigenvalue weighted by Crippen LogP contribution is -2.48. The standard InChI is InChI=1S/C32H30N4/c1-24-12-11-19-28-29(24)32(34-31(33-28)27-17-9-4-10-18-27)36-22-20-35(21-23-36)30(25-13-5-2-6-14-25)26-15-7-3-8-16-26/h2-19,30H,20-23H2,1H3. The number of benzene rings is 4. The molecule has 0 amide bonds. The lowest BCUT2D eigenvalue weighted by Gasteiger charge is -2.40. The topological polar surface area (TPSA) is 32.3 Å². The average molecular weight is 471 g/mol. The van der Waals surface area contributed by atoms with E-state index in [2.05, 4.69) is 108 Å². The second-order valence-corrected chi connectivity index (χ2v) is 9.45. The first-order chi connectivity index (χ1) is 17.8. The van der Waals surface area contributed by atoms with Gasteiger partial charge in [0.1, 0.15) is 5.82 Å². The molecule has 1 fully saturated rings. The van der Waals surface area contributed by atoms with E-state index in [1.54, 1.807) is 0 Å². The fourth-order valence-electron chi connectivity index (χ4n) is 5.35. The van der Waals surface area contributed by atoms with Crippen molar-refractivity contribution >= 4 is 16.7 Å². The molecule has 6 rings (SSSR count). The fourth-order valence-corrected chi connectivity index (χ4v) is 5.35. The zero-order chi connectivity index (χ0) is 24.3. The largest absolute Gasteiger partial charge is 0.353 e. The van der Waals surface area contributed by atoms with Gasteiger partial charge >= 0.3 is 0 Å². The van der Waals surface area contributed by atoms with Crippen LogP contribution in [0.15, 0.2) is 109 Å². The van der Waals surface area contributed by atoms with Crippen LogP contribution in [0.3, 0.4) is 0 Å². The van der Waals surface area contributed by atoms with Crippen LogP contribution < -0.4 is 4.90 Å². The number of piperazine rings is 1. The molecule has 36 heavy (non-hydrogen) atoms. The maximum atomic E-state index is 5.14. The molecule has 2 heterocycles. The highest BCUT2D eigenvalue weighted by molar-refractivity contribution is 5.93. The molecule has 4 nitrogen and oxygen atoms in total. The van der Waals surface area contributed by atoms with Crippen LogP contribution in [-0.2, 0) is 0 Å². The van der Waals surface area contributed by atoms with Crippen molar-refractivity contribution in [2.75, 3.05) is 31.1 Å². The van der Waals surface area contributed by atoms with Crippen molar-refractivity contribution in [3.63, 3.8) is 0 Å². The van der Waals surface area contributed by atoms with Gasteiger partial charge in [-0.25, -0.2) is 9.97 Å². The van der Waals surface area contributed by atoms with Crippen molar-refractivity contribution in [3.8, 4) is 11.4 Å². The van der Waals surface area contributed by atoms with E-state index in [1.165, 1.54) is 16.7 Å². The molecule has 1 saturated heterocycles. The minimum Gasteiger partial charge on any atom is -0.353 e. The number of aromatic nitrogens is 2. The molecule has 0 radical (unpaired) electrons. The summed E-state index contributed by atoms with van der Waals surface area (Å²) in [5.41, 5.74) is 5.96. The summed E-state index contributed by atoms with van der Waals surface area (Å²) in [5.74, 6) is 1.84. The van der Waals surface area contributed by atoms with Gasteiger partial charge in [0, 0.05) is 37.1 Å². The Morgan fingerprint density at radius 3 is 1.81 bits per heavy atom. The lowest BCUT2D eigenvalue weighted by molar-refractivity contribution is 0.212. The number of fused-ring (bicyclic) bond motifs is 1. The molecule has 0 unspecified atom stereocenters. The van der Waals surface area contributed by atoms with Gasteiger partial charge in [-0.2, -0.15) is 0 Å². The van der Waals surface area contributed by atoms with Crippen LogP contribution in [0, 0.1) is 6.92 Å². The first-order valence-electron chi connectivity index (χ1n) is 12.7. The number of hydrogen-bond acceptors (Lipinski definition) is 4. The van der Waals surface area contributed by atoms with E-state index in [0.29, 0.717) is 0 Å². The van der Waals surface area contributed by atoms with Crippen LogP contribution in [0.25, 0.3) is 22.3 Å². The third-order valence-corrected chi connectivity index (χ3v) is 7.15. The van der Waals surface area contributed by atoms with Gasteiger partial charge in [0.15, 0.2) is 5.82 Å². The molecular weight excluding hydrogens is 440 g/mol. The summed E-state index contributed by atoms with van der Waals surface area (Å²) in [6.45, 7) is 5.93. The highest BCUT2D eigenvalue weighted by atomic mass is 15.3. The van der Waals surface area contributed by atoms with E-state index in [1.807, 2.05) is 18.2 Å². The monoisotopic (exact) mass is 470 g/mol. The molecule has 1 aliphatic rings. The molecular formula is C32H30N4. The maximum Gasteiger partial charge on any atom is 0.162 e. The summed E-state index contributed by atoms with van der Waals surface area (Å²) in [7, 11) is 0. The van der Waals surface area contributed by atoms with Crippen LogP contribution in [0.5, 0.6) is 0 Å². The molecule has 178 valence electrons. The molecule has 4 heteroatoms. The second-order valence-electron chi connectivity index (χ2n) is 9.45. The number of hydrogen-bond donors (Lipinski definition) is 0. The summed E-state index contributed by atoms with van der Waals surface area (Å²) in [6.07, 6.45) is 0. The van der Waals surface area contributed by atoms with E-state index in [0.717, 1.165) is 54.3 Å². The summed E-state index contributed by atoms with van der Waals surface area (Å²) in [4.78, 5) is 15.1. The third kappa shape index (κ3) is 4.36. The number of aryl methyl sites for hydroxylation is 1. The van der Waals surface area contributed by atoms with Crippen molar-refractivity contribution < 1.29 is 0 Å². The van der Waals surface area contributed by atoms with Crippen molar-refractivity contribution in [3.05, 3.63) is 126 Å². The Kier molecular flexibility index (Phi) is 6.18. The zero-order valence-electron chi connectivity index (χ0n) is 20.6. The van der Waals surface area contributed by atoms with E-state index in [9.17, 15) is 0 Å². The van der Waals surface area contributed by atoms with Gasteiger partial charge in [-0.1, -0.05) is 103 Å². The molecule has 5 aromatic rings. The third-order valence-electron chi connectivity index (χ3n) is 7.15. The molecule has 0 spiro atoms. The minimum absolute atomic E-state index is 0.248. The van der Waals surface area contributed by atoms with Crippen LogP contribution in [0.4, 0.5) is 5.82 Å². The van der Waals surface area contributed by atoms with Gasteiger partial charge in [-0.05, 0) is 29.7 Å². The number of anilines is 1. The summed E-state index contributed by atoms with van der Waals surface area (Å²) >= 11 is 0. The SMILES string of the molecule is Cc1cccc2nc(-c3ccccc3)nc(N3CCN(C(c4ccccc4)c4ccccc4)CC3)c12. The molecule has 1 aromatic heterocycles. The van der Waals surface area contributed by atoms with Crippen LogP contribution in [0.2, 0.25) is 0 Å². The highest BCUT2D eigenvalue weighted by Crippen LogP contribution is 2.33. The maximum absolute atomic E-state index is 5.14. The molecule has 0 atom stereocenters. The Bertz CT molecular complexity index is 1400. The van der Waals surface area contributed by atoms with Crippen LogP contribution in [-0.4, -0.2) is 41.0 Å². The number of rotatable bonds is 5. The average Bonchev–Trinajstić information content (AvgIpc) is 2.95. The van der Waals surface area contributed by atoms with Crippen molar-refractivity contribution in [2.24, 2.45) is 0 Å². The summed E-state index contributed by atoms with van der Waals surface area (Å²) in [6, 6.07) is 38.6. The highest BCUT2D eigenvalue weighted by Gasteiger charge is 2.28. The summed E-state index contributed by atoms with van der Waals surface area (Å²) < 4.78 is 0. The van der Waals surface area contributed by atoms with Crippen molar-refractivity contribution in [2.45, 2.75) is 13.0 Å². The Balaban J connectivity index is 1.34. The quantitative estimate of drug-likeness (QED) is 0.293. The van der Waals surface area contributed by atoms with Crippen LogP contribution >= 0.6 is 0 Å². The minimum atomic E-state index is 0.248.